The first-order valence-electron chi connectivity index (χ1n) is 10.2. The summed E-state index contributed by atoms with van der Waals surface area (Å²) in [6.45, 7) is 3.83. The van der Waals surface area contributed by atoms with Crippen molar-refractivity contribution < 1.29 is 14.6 Å². The molecule has 3 rings (SSSR count). The summed E-state index contributed by atoms with van der Waals surface area (Å²) in [5, 5.41) is 16.2. The molecule has 5 heteroatoms. The molecule has 0 spiro atoms. The molecule has 0 aromatic heterocycles. The normalized spacial score (nSPS) is 13.9. The molecule has 0 bridgehead atoms. The third-order valence-electron chi connectivity index (χ3n) is 4.99. The van der Waals surface area contributed by atoms with E-state index in [-0.39, 0.29) is 12.5 Å². The van der Waals surface area contributed by atoms with Gasteiger partial charge >= 0.3 is 0 Å². The number of aryl methyl sites for hydroxylation is 2. The van der Waals surface area contributed by atoms with Gasteiger partial charge in [-0.2, -0.15) is 0 Å². The van der Waals surface area contributed by atoms with Crippen molar-refractivity contribution in [2.45, 2.75) is 45.1 Å². The average Bonchev–Trinajstić information content (AvgIpc) is 3.08. The summed E-state index contributed by atoms with van der Waals surface area (Å²) in [7, 11) is 0. The van der Waals surface area contributed by atoms with Crippen LogP contribution in [-0.4, -0.2) is 36.8 Å². The van der Waals surface area contributed by atoms with E-state index in [2.05, 4.69) is 29.7 Å². The van der Waals surface area contributed by atoms with Crippen LogP contribution in [0.25, 0.3) is 0 Å². The van der Waals surface area contributed by atoms with Gasteiger partial charge in [0.15, 0.2) is 0 Å². The summed E-state index contributed by atoms with van der Waals surface area (Å²) in [6.07, 6.45) is 3.81. The Morgan fingerprint density at radius 2 is 1.93 bits per heavy atom. The lowest BCUT2D eigenvalue weighted by Gasteiger charge is -2.15. The summed E-state index contributed by atoms with van der Waals surface area (Å²) in [4.78, 5) is 11.6. The van der Waals surface area contributed by atoms with Gasteiger partial charge in [-0.15, -0.1) is 0 Å². The number of hydrogen-bond donors (Lipinski definition) is 3. The van der Waals surface area contributed by atoms with Crippen LogP contribution in [0.5, 0.6) is 5.75 Å². The maximum Gasteiger partial charge on any atom is 0.228 e. The summed E-state index contributed by atoms with van der Waals surface area (Å²) in [5.41, 5.74) is 4.49. The summed E-state index contributed by atoms with van der Waals surface area (Å²) < 4.78 is 5.88. The zero-order chi connectivity index (χ0) is 19.8. The van der Waals surface area contributed by atoms with E-state index in [9.17, 15) is 9.90 Å². The van der Waals surface area contributed by atoms with Gasteiger partial charge in [0.25, 0.3) is 0 Å². The van der Waals surface area contributed by atoms with Crippen LogP contribution >= 0.6 is 0 Å². The van der Waals surface area contributed by atoms with E-state index in [4.69, 9.17) is 4.74 Å². The molecule has 0 saturated carbocycles. The summed E-state index contributed by atoms with van der Waals surface area (Å²) >= 11 is 0. The minimum absolute atomic E-state index is 0.0770. The van der Waals surface area contributed by atoms with Gasteiger partial charge in [0, 0.05) is 12.2 Å². The fourth-order valence-electron chi connectivity index (χ4n) is 3.56. The number of nitrogens with one attached hydrogen (secondary N) is 2. The maximum atomic E-state index is 11.6. The molecular formula is C23H30N2O3. The van der Waals surface area contributed by atoms with E-state index < -0.39 is 6.10 Å². The number of ether oxygens (including phenoxy) is 1. The highest BCUT2D eigenvalue weighted by Gasteiger charge is 2.20. The topological polar surface area (TPSA) is 70.6 Å². The molecule has 0 saturated heterocycles. The van der Waals surface area contributed by atoms with E-state index in [1.807, 2.05) is 30.3 Å². The molecule has 0 radical (unpaired) electrons. The van der Waals surface area contributed by atoms with Gasteiger partial charge in [-0.1, -0.05) is 37.3 Å². The Kier molecular flexibility index (Phi) is 7.46. The standard InChI is InChI=1S/C23H30N2O3/c1-2-13-24-15-19(26)16-28-22-12-4-3-7-18(22)10-5-8-17-9-6-11-21-20(17)14-23(27)25-21/h3-4,6-7,9,11-12,19,24,26H,2,5,8,10,13-16H2,1H3,(H,25,27). The lowest BCUT2D eigenvalue weighted by molar-refractivity contribution is -0.115. The van der Waals surface area contributed by atoms with E-state index in [0.29, 0.717) is 13.0 Å². The second-order valence-corrected chi connectivity index (χ2v) is 7.30. The van der Waals surface area contributed by atoms with E-state index >= 15 is 0 Å². The fourth-order valence-corrected chi connectivity index (χ4v) is 3.56. The molecule has 1 unspecified atom stereocenters. The number of carbonyl (C=O) groups is 1. The van der Waals surface area contributed by atoms with Crippen LogP contribution < -0.4 is 15.4 Å². The molecule has 0 fully saturated rings. The third-order valence-corrected chi connectivity index (χ3v) is 4.99. The second kappa shape index (κ2) is 10.2. The average molecular weight is 383 g/mol. The molecule has 2 aromatic carbocycles. The molecule has 1 atom stereocenters. The number of anilines is 1. The van der Waals surface area contributed by atoms with Gasteiger partial charge in [-0.3, -0.25) is 4.79 Å². The van der Waals surface area contributed by atoms with Crippen LogP contribution in [0.3, 0.4) is 0 Å². The predicted octanol–water partition coefficient (Wildman–Crippen LogP) is 3.10. The van der Waals surface area contributed by atoms with Crippen molar-refractivity contribution in [3.63, 3.8) is 0 Å². The Bertz CT molecular complexity index is 791. The highest BCUT2D eigenvalue weighted by molar-refractivity contribution is 5.99. The molecule has 150 valence electrons. The molecule has 2 aromatic rings. The monoisotopic (exact) mass is 382 g/mol. The molecular weight excluding hydrogens is 352 g/mol. The number of amides is 1. The van der Waals surface area contributed by atoms with Crippen LogP contribution in [0.15, 0.2) is 42.5 Å². The second-order valence-electron chi connectivity index (χ2n) is 7.30. The Morgan fingerprint density at radius 1 is 1.14 bits per heavy atom. The first kappa shape index (κ1) is 20.4. The quantitative estimate of drug-likeness (QED) is 0.522. The van der Waals surface area contributed by atoms with E-state index in [0.717, 1.165) is 54.8 Å². The van der Waals surface area contributed by atoms with Crippen molar-refractivity contribution >= 4 is 11.6 Å². The molecule has 28 heavy (non-hydrogen) atoms. The number of aliphatic hydroxyl groups excluding tert-OH is 1. The molecule has 1 heterocycles. The van der Waals surface area contributed by atoms with Crippen molar-refractivity contribution in [3.8, 4) is 5.75 Å². The minimum Gasteiger partial charge on any atom is -0.491 e. The number of para-hydroxylation sites is 1. The van der Waals surface area contributed by atoms with E-state index in [1.54, 1.807) is 0 Å². The number of rotatable bonds is 11. The molecule has 0 aliphatic carbocycles. The van der Waals surface area contributed by atoms with Crippen molar-refractivity contribution in [1.82, 2.24) is 5.32 Å². The Balaban J connectivity index is 1.52. The van der Waals surface area contributed by atoms with Crippen molar-refractivity contribution in [2.24, 2.45) is 0 Å². The Hall–Kier alpha value is -2.37. The first-order valence-corrected chi connectivity index (χ1v) is 10.2. The van der Waals surface area contributed by atoms with Crippen LogP contribution in [0, 0.1) is 0 Å². The van der Waals surface area contributed by atoms with Gasteiger partial charge in [-0.05, 0) is 61.1 Å². The van der Waals surface area contributed by atoms with Crippen molar-refractivity contribution in [1.29, 1.82) is 0 Å². The highest BCUT2D eigenvalue weighted by Crippen LogP contribution is 2.28. The zero-order valence-electron chi connectivity index (χ0n) is 16.5. The maximum absolute atomic E-state index is 11.6. The lowest BCUT2D eigenvalue weighted by Crippen LogP contribution is -2.31. The lowest BCUT2D eigenvalue weighted by atomic mass is 9.98. The number of hydrogen-bond acceptors (Lipinski definition) is 4. The molecule has 3 N–H and O–H groups in total. The summed E-state index contributed by atoms with van der Waals surface area (Å²) in [5.74, 6) is 0.917. The van der Waals surface area contributed by atoms with Gasteiger partial charge in [-0.25, -0.2) is 0 Å². The van der Waals surface area contributed by atoms with E-state index in [1.165, 1.54) is 5.56 Å². The smallest absolute Gasteiger partial charge is 0.228 e. The van der Waals surface area contributed by atoms with Crippen LogP contribution in [0.4, 0.5) is 5.69 Å². The fraction of sp³-hybridized carbons (Fsp3) is 0.435. The number of carbonyl (C=O) groups excluding carboxylic acids is 1. The van der Waals surface area contributed by atoms with Gasteiger partial charge in [0.1, 0.15) is 18.5 Å². The molecule has 1 amide bonds. The molecule has 5 nitrogen and oxygen atoms in total. The van der Waals surface area contributed by atoms with Crippen molar-refractivity contribution in [3.05, 3.63) is 59.2 Å². The number of fused-ring (bicyclic) bond motifs is 1. The van der Waals surface area contributed by atoms with Gasteiger partial charge in [0.2, 0.25) is 5.91 Å². The highest BCUT2D eigenvalue weighted by atomic mass is 16.5. The van der Waals surface area contributed by atoms with Gasteiger partial charge < -0.3 is 20.5 Å². The summed E-state index contributed by atoms with van der Waals surface area (Å²) in [6, 6.07) is 14.1. The molecule has 1 aliphatic heterocycles. The van der Waals surface area contributed by atoms with Crippen LogP contribution in [-0.2, 0) is 24.1 Å². The van der Waals surface area contributed by atoms with Crippen LogP contribution in [0.1, 0.15) is 36.5 Å². The van der Waals surface area contributed by atoms with Crippen LogP contribution in [0.2, 0.25) is 0 Å². The largest absolute Gasteiger partial charge is 0.491 e. The minimum atomic E-state index is -0.517. The van der Waals surface area contributed by atoms with Gasteiger partial charge in [0.05, 0.1) is 6.42 Å². The molecule has 1 aliphatic rings. The zero-order valence-corrected chi connectivity index (χ0v) is 16.5. The van der Waals surface area contributed by atoms with Crippen molar-refractivity contribution in [2.75, 3.05) is 25.0 Å². The number of benzene rings is 2. The third kappa shape index (κ3) is 5.57. The predicted molar refractivity (Wildman–Crippen MR) is 112 cm³/mol. The Labute approximate surface area is 167 Å². The SMILES string of the molecule is CCCNCC(O)COc1ccccc1CCCc1cccc2c1CC(=O)N2. The number of aliphatic hydroxyl groups is 1. The Morgan fingerprint density at radius 3 is 2.79 bits per heavy atom. The first-order chi connectivity index (χ1) is 13.7.